The molecule has 0 bridgehead atoms. The van der Waals surface area contributed by atoms with E-state index in [0.717, 1.165) is 45.5 Å². The quantitative estimate of drug-likeness (QED) is 0.151. The van der Waals surface area contributed by atoms with Crippen molar-refractivity contribution in [3.8, 4) is 11.4 Å². The summed E-state index contributed by atoms with van der Waals surface area (Å²) in [4.78, 5) is 4.83. The van der Waals surface area contributed by atoms with Crippen molar-refractivity contribution in [1.82, 2.24) is 9.13 Å². The molecule has 0 aliphatic rings. The first-order valence-corrected chi connectivity index (χ1v) is 30.3. The summed E-state index contributed by atoms with van der Waals surface area (Å²) in [6.07, 6.45) is 0. The third-order valence-corrected chi connectivity index (χ3v) is 19.5. The first-order valence-electron chi connectivity index (χ1n) is 28.6. The minimum absolute atomic E-state index is 1.11. The number of aromatic nitrogens is 2. The van der Waals surface area contributed by atoms with Gasteiger partial charge in [0.2, 0.25) is 0 Å². The Labute approximate surface area is 491 Å². The Morgan fingerprint density at radius 2 is 0.512 bits per heavy atom. The van der Waals surface area contributed by atoms with Gasteiger partial charge in [-0.2, -0.15) is 0 Å². The molecule has 4 heterocycles. The molecular formula is C78H48N4S2. The van der Waals surface area contributed by atoms with E-state index >= 15 is 0 Å². The predicted octanol–water partition coefficient (Wildman–Crippen LogP) is 23.0. The van der Waals surface area contributed by atoms with E-state index in [0.29, 0.717) is 0 Å². The predicted molar refractivity (Wildman–Crippen MR) is 363 cm³/mol. The zero-order valence-corrected chi connectivity index (χ0v) is 47.0. The fraction of sp³-hybridized carbons (Fsp3) is 0. The monoisotopic (exact) mass is 1100 g/mol. The van der Waals surface area contributed by atoms with Crippen molar-refractivity contribution < 1.29 is 0 Å². The van der Waals surface area contributed by atoms with Gasteiger partial charge < -0.3 is 18.9 Å². The summed E-state index contributed by atoms with van der Waals surface area (Å²) in [6.45, 7) is 0. The Morgan fingerprint density at radius 3 is 0.917 bits per heavy atom. The number of fused-ring (bicyclic) bond motifs is 15. The minimum Gasteiger partial charge on any atom is -0.310 e. The van der Waals surface area contributed by atoms with Crippen molar-refractivity contribution in [2.45, 2.75) is 0 Å². The lowest BCUT2D eigenvalue weighted by molar-refractivity contribution is 1.18. The Morgan fingerprint density at radius 1 is 0.202 bits per heavy atom. The number of nitrogens with zero attached hydrogens (tertiary/aromatic N) is 4. The number of thiophene rings is 2. The molecule has 4 nitrogen and oxygen atoms in total. The fourth-order valence-corrected chi connectivity index (χ4v) is 15.8. The van der Waals surface area contributed by atoms with Crippen molar-refractivity contribution in [1.29, 1.82) is 0 Å². The van der Waals surface area contributed by atoms with Crippen LogP contribution in [0.25, 0.3) is 128 Å². The lowest BCUT2D eigenvalue weighted by atomic mass is 10.0. The van der Waals surface area contributed by atoms with Crippen molar-refractivity contribution in [2.75, 3.05) is 9.80 Å². The molecule has 0 saturated heterocycles. The van der Waals surface area contributed by atoms with Crippen LogP contribution in [0.5, 0.6) is 0 Å². The Balaban J connectivity index is 0.738. The first kappa shape index (κ1) is 47.2. The van der Waals surface area contributed by atoms with Gasteiger partial charge in [-0.1, -0.05) is 146 Å². The second-order valence-corrected chi connectivity index (χ2v) is 24.3. The van der Waals surface area contributed by atoms with Gasteiger partial charge in [0.05, 0.1) is 22.1 Å². The van der Waals surface area contributed by atoms with Gasteiger partial charge in [-0.05, 0) is 178 Å². The van der Waals surface area contributed by atoms with Crippen molar-refractivity contribution in [2.24, 2.45) is 0 Å². The van der Waals surface area contributed by atoms with Crippen molar-refractivity contribution in [3.63, 3.8) is 0 Å². The van der Waals surface area contributed by atoms with Crippen molar-refractivity contribution >= 4 is 173 Å². The fourth-order valence-electron chi connectivity index (χ4n) is 13.5. The van der Waals surface area contributed by atoms with Gasteiger partial charge in [0.1, 0.15) is 0 Å². The van der Waals surface area contributed by atoms with Crippen LogP contribution in [-0.2, 0) is 0 Å². The number of para-hydroxylation sites is 4. The molecule has 0 radical (unpaired) electrons. The molecule has 14 aromatic carbocycles. The van der Waals surface area contributed by atoms with Crippen molar-refractivity contribution in [3.05, 3.63) is 291 Å². The van der Waals surface area contributed by atoms with Crippen LogP contribution in [-0.4, -0.2) is 9.13 Å². The largest absolute Gasteiger partial charge is 0.310 e. The number of hydrogen-bond acceptors (Lipinski definition) is 4. The number of hydrogen-bond donors (Lipinski definition) is 0. The van der Waals surface area contributed by atoms with Crippen LogP contribution < -0.4 is 9.80 Å². The molecule has 6 heteroatoms. The van der Waals surface area contributed by atoms with Crippen LogP contribution in [0, 0.1) is 0 Å². The molecule has 0 unspecified atom stereocenters. The molecule has 0 spiro atoms. The number of anilines is 6. The van der Waals surface area contributed by atoms with E-state index in [1.807, 2.05) is 22.7 Å². The lowest BCUT2D eigenvalue weighted by Crippen LogP contribution is -2.09. The Hall–Kier alpha value is -10.5. The zero-order valence-electron chi connectivity index (χ0n) is 45.3. The SMILES string of the molecule is c1ccc(N(c2ccc3c(c2)sc2cc4cc5c(cc4cc23)sc2cc(N(c3ccccc3)c3ccc4c6cc7ccccc7cc6n(-c6ccccc6)c4c3)ccc25)c2ccc3c4cc5ccccc5cc4n(-c4ccccc4)c3c2)cc1. The molecule has 18 aromatic rings. The Kier molecular flexibility index (Phi) is 10.4. The molecule has 0 N–H and O–H groups in total. The molecule has 84 heavy (non-hydrogen) atoms. The van der Waals surface area contributed by atoms with Crippen LogP contribution in [0.1, 0.15) is 0 Å². The molecule has 0 fully saturated rings. The van der Waals surface area contributed by atoms with Gasteiger partial charge in [-0.25, -0.2) is 0 Å². The molecule has 0 aliphatic carbocycles. The van der Waals surface area contributed by atoms with Crippen LogP contribution in [0.4, 0.5) is 34.1 Å². The van der Waals surface area contributed by atoms with Crippen LogP contribution >= 0.6 is 22.7 Å². The lowest BCUT2D eigenvalue weighted by Gasteiger charge is -2.26. The van der Waals surface area contributed by atoms with E-state index in [4.69, 9.17) is 0 Å². The molecule has 392 valence electrons. The summed E-state index contributed by atoms with van der Waals surface area (Å²) >= 11 is 3.77. The highest BCUT2D eigenvalue weighted by molar-refractivity contribution is 7.26. The van der Waals surface area contributed by atoms with E-state index < -0.39 is 0 Å². The highest BCUT2D eigenvalue weighted by atomic mass is 32.1. The van der Waals surface area contributed by atoms with Gasteiger partial charge in [0.25, 0.3) is 0 Å². The number of benzene rings is 14. The van der Waals surface area contributed by atoms with Crippen LogP contribution in [0.2, 0.25) is 0 Å². The maximum absolute atomic E-state index is 2.43. The Bertz CT molecular complexity index is 5330. The van der Waals surface area contributed by atoms with E-state index in [9.17, 15) is 0 Å². The van der Waals surface area contributed by atoms with Crippen LogP contribution in [0.3, 0.4) is 0 Å². The van der Waals surface area contributed by atoms with Gasteiger partial charge in [0.15, 0.2) is 0 Å². The van der Waals surface area contributed by atoms with Gasteiger partial charge >= 0.3 is 0 Å². The van der Waals surface area contributed by atoms with E-state index in [-0.39, 0.29) is 0 Å². The first-order chi connectivity index (χ1) is 41.6. The summed E-state index contributed by atoms with van der Waals surface area (Å²) in [5.41, 5.74) is 13.7. The molecule has 0 saturated carbocycles. The van der Waals surface area contributed by atoms with E-state index in [2.05, 4.69) is 310 Å². The van der Waals surface area contributed by atoms with Gasteiger partial charge in [-0.3, -0.25) is 0 Å². The maximum Gasteiger partial charge on any atom is 0.0561 e. The summed E-state index contributed by atoms with van der Waals surface area (Å²) in [6, 6.07) is 108. The second-order valence-electron chi connectivity index (χ2n) is 22.1. The summed E-state index contributed by atoms with van der Waals surface area (Å²) in [5, 5.41) is 17.6. The highest BCUT2D eigenvalue weighted by Gasteiger charge is 2.22. The van der Waals surface area contributed by atoms with Gasteiger partial charge in [-0.15, -0.1) is 22.7 Å². The topological polar surface area (TPSA) is 16.3 Å². The average molecular weight is 1110 g/mol. The minimum atomic E-state index is 1.11. The molecular weight excluding hydrogens is 1060 g/mol. The molecule has 4 aromatic heterocycles. The summed E-state index contributed by atoms with van der Waals surface area (Å²) in [7, 11) is 0. The summed E-state index contributed by atoms with van der Waals surface area (Å²) in [5.74, 6) is 0. The average Bonchev–Trinajstić information content (AvgIpc) is 3.35. The maximum atomic E-state index is 2.43. The third kappa shape index (κ3) is 7.38. The zero-order chi connectivity index (χ0) is 55.0. The third-order valence-electron chi connectivity index (χ3n) is 17.3. The standard InChI is InChI=1S/C78H48N4S2/c1-5-21-55(22-6-1)79(59-29-33-63-67-37-49-17-13-15-19-51(49)41-71(67)81(73(63)45-59)57-25-9-3-10-26-57)61-31-35-65-69-39-53-44-76-70(40-54(53)43-75(69)83-77(65)47-61)66-36-32-62(48-78(66)84-76)80(56-23-7-2-8-24-56)60-30-34-64-68-38-50-18-14-16-20-52(50)42-72(68)82(74(64)46-60)58-27-11-4-12-28-58/h1-48H. The summed E-state index contributed by atoms with van der Waals surface area (Å²) < 4.78 is 9.98. The normalized spacial score (nSPS) is 12.0. The molecule has 0 aliphatic heterocycles. The smallest absolute Gasteiger partial charge is 0.0561 e. The van der Waals surface area contributed by atoms with E-state index in [1.54, 1.807) is 0 Å². The van der Waals surface area contributed by atoms with Gasteiger partial charge in [0, 0.05) is 107 Å². The molecule has 18 rings (SSSR count). The highest BCUT2D eigenvalue weighted by Crippen LogP contribution is 2.47. The molecule has 0 amide bonds. The van der Waals surface area contributed by atoms with Crippen LogP contribution in [0.15, 0.2) is 291 Å². The second kappa shape index (κ2) is 18.5. The van der Waals surface area contributed by atoms with E-state index in [1.165, 1.54) is 116 Å². The molecule has 0 atom stereocenters. The number of rotatable bonds is 8.